The van der Waals surface area contributed by atoms with E-state index in [-0.39, 0.29) is 0 Å². The van der Waals surface area contributed by atoms with Crippen LogP contribution in [0.2, 0.25) is 0 Å². The summed E-state index contributed by atoms with van der Waals surface area (Å²) in [5.74, 6) is 0.0400. The minimum absolute atomic E-state index is 0.523. The monoisotopic (exact) mass is 414 g/mol. The van der Waals surface area contributed by atoms with E-state index in [9.17, 15) is 9.59 Å². The third-order valence-corrected chi connectivity index (χ3v) is 4.21. The van der Waals surface area contributed by atoms with E-state index in [2.05, 4.69) is 17.2 Å². The van der Waals surface area contributed by atoms with Crippen molar-refractivity contribution in [2.45, 2.75) is 19.8 Å². The molecule has 160 valence electrons. The molecule has 1 aromatic heterocycles. The van der Waals surface area contributed by atoms with Crippen molar-refractivity contribution in [3.63, 3.8) is 0 Å². The summed E-state index contributed by atoms with van der Waals surface area (Å²) in [5.41, 5.74) is 1.20. The van der Waals surface area contributed by atoms with E-state index in [1.165, 1.54) is 18.4 Å². The predicted molar refractivity (Wildman–Crippen MR) is 111 cm³/mol. The number of aliphatic carboxylic acids is 2. The first-order chi connectivity index (χ1) is 14.4. The number of hydrogen-bond donors (Lipinski definition) is 3. The SMILES string of the molecule is Cc1ccc(Oc2ncccc2OC[C@H]2CCCNC2)cc1.O=C(O)/C=C/C(=O)O. The van der Waals surface area contributed by atoms with E-state index in [0.717, 1.165) is 18.8 Å². The Bertz CT molecular complexity index is 829. The first kappa shape index (κ1) is 22.9. The smallest absolute Gasteiger partial charge is 0.328 e. The quantitative estimate of drug-likeness (QED) is 0.591. The third kappa shape index (κ3) is 8.74. The van der Waals surface area contributed by atoms with Crippen LogP contribution >= 0.6 is 0 Å². The van der Waals surface area contributed by atoms with E-state index >= 15 is 0 Å². The van der Waals surface area contributed by atoms with Gasteiger partial charge in [-0.25, -0.2) is 14.6 Å². The molecule has 0 unspecified atom stereocenters. The van der Waals surface area contributed by atoms with Crippen LogP contribution in [0.4, 0.5) is 0 Å². The number of carboxylic acids is 2. The maximum absolute atomic E-state index is 9.55. The van der Waals surface area contributed by atoms with E-state index < -0.39 is 11.9 Å². The van der Waals surface area contributed by atoms with Gasteiger partial charge in [0, 0.05) is 30.8 Å². The highest BCUT2D eigenvalue weighted by atomic mass is 16.5. The van der Waals surface area contributed by atoms with Crippen molar-refractivity contribution in [1.29, 1.82) is 0 Å². The summed E-state index contributed by atoms with van der Waals surface area (Å²) in [6.07, 6.45) is 5.26. The maximum atomic E-state index is 9.55. The maximum Gasteiger partial charge on any atom is 0.328 e. The molecule has 2 heterocycles. The van der Waals surface area contributed by atoms with Gasteiger partial charge in [-0.3, -0.25) is 0 Å². The van der Waals surface area contributed by atoms with Gasteiger partial charge in [0.05, 0.1) is 6.61 Å². The molecule has 0 radical (unpaired) electrons. The van der Waals surface area contributed by atoms with Crippen molar-refractivity contribution in [3.8, 4) is 17.4 Å². The van der Waals surface area contributed by atoms with Crippen LogP contribution in [0.1, 0.15) is 18.4 Å². The molecule has 1 aromatic carbocycles. The van der Waals surface area contributed by atoms with Crippen molar-refractivity contribution < 1.29 is 29.3 Å². The van der Waals surface area contributed by atoms with Crippen LogP contribution in [0.3, 0.4) is 0 Å². The Hall–Kier alpha value is -3.39. The molecule has 8 heteroatoms. The molecule has 1 saturated heterocycles. The highest BCUT2D eigenvalue weighted by Gasteiger charge is 2.15. The second-order valence-corrected chi connectivity index (χ2v) is 6.75. The van der Waals surface area contributed by atoms with Gasteiger partial charge < -0.3 is 25.0 Å². The predicted octanol–water partition coefficient (Wildman–Crippen LogP) is 3.27. The molecular weight excluding hydrogens is 388 g/mol. The van der Waals surface area contributed by atoms with Crippen LogP contribution in [-0.4, -0.2) is 46.8 Å². The van der Waals surface area contributed by atoms with Crippen molar-refractivity contribution in [1.82, 2.24) is 10.3 Å². The third-order valence-electron chi connectivity index (χ3n) is 4.21. The van der Waals surface area contributed by atoms with Gasteiger partial charge in [-0.2, -0.15) is 0 Å². The molecular formula is C22H26N2O6. The number of aryl methyl sites for hydroxylation is 1. The molecule has 0 bridgehead atoms. The summed E-state index contributed by atoms with van der Waals surface area (Å²) in [7, 11) is 0. The number of carboxylic acid groups (broad SMARTS) is 2. The fraction of sp³-hybridized carbons (Fsp3) is 0.318. The van der Waals surface area contributed by atoms with E-state index in [1.807, 2.05) is 36.4 Å². The van der Waals surface area contributed by atoms with Crippen LogP contribution < -0.4 is 14.8 Å². The van der Waals surface area contributed by atoms with Gasteiger partial charge in [-0.05, 0) is 50.6 Å². The van der Waals surface area contributed by atoms with Crippen molar-refractivity contribution in [2.75, 3.05) is 19.7 Å². The molecule has 1 aliphatic heterocycles. The molecule has 3 rings (SSSR count). The summed E-state index contributed by atoms with van der Waals surface area (Å²) >= 11 is 0. The molecule has 1 fully saturated rings. The lowest BCUT2D eigenvalue weighted by molar-refractivity contribution is -0.134. The summed E-state index contributed by atoms with van der Waals surface area (Å²) in [6.45, 7) is 4.89. The first-order valence-electron chi connectivity index (χ1n) is 9.61. The Morgan fingerprint density at radius 2 is 1.87 bits per heavy atom. The summed E-state index contributed by atoms with van der Waals surface area (Å²) in [6, 6.07) is 11.7. The summed E-state index contributed by atoms with van der Waals surface area (Å²) in [4.78, 5) is 23.4. The lowest BCUT2D eigenvalue weighted by Crippen LogP contribution is -2.33. The number of benzene rings is 1. The topological polar surface area (TPSA) is 118 Å². The van der Waals surface area contributed by atoms with Gasteiger partial charge in [0.2, 0.25) is 0 Å². The van der Waals surface area contributed by atoms with Gasteiger partial charge in [-0.15, -0.1) is 0 Å². The Morgan fingerprint density at radius 3 is 2.47 bits per heavy atom. The van der Waals surface area contributed by atoms with Crippen LogP contribution in [0.5, 0.6) is 17.4 Å². The van der Waals surface area contributed by atoms with E-state index in [1.54, 1.807) is 6.20 Å². The zero-order valence-electron chi connectivity index (χ0n) is 16.8. The highest BCUT2D eigenvalue weighted by Crippen LogP contribution is 2.29. The fourth-order valence-electron chi connectivity index (χ4n) is 2.70. The fourth-order valence-corrected chi connectivity index (χ4v) is 2.70. The Labute approximate surface area is 175 Å². The largest absolute Gasteiger partial charge is 0.488 e. The molecule has 30 heavy (non-hydrogen) atoms. The van der Waals surface area contributed by atoms with Crippen molar-refractivity contribution in [2.24, 2.45) is 5.92 Å². The number of carbonyl (C=O) groups is 2. The van der Waals surface area contributed by atoms with Gasteiger partial charge in [0.1, 0.15) is 5.75 Å². The minimum Gasteiger partial charge on any atom is -0.488 e. The van der Waals surface area contributed by atoms with Gasteiger partial charge in [-0.1, -0.05) is 17.7 Å². The Balaban J connectivity index is 0.000000343. The Morgan fingerprint density at radius 1 is 1.17 bits per heavy atom. The number of hydrogen-bond acceptors (Lipinski definition) is 6. The van der Waals surface area contributed by atoms with Crippen LogP contribution in [0, 0.1) is 12.8 Å². The standard InChI is InChI=1S/C18H22N2O2.C4H4O4/c1-14-6-8-16(9-7-14)22-18-17(5-3-11-20-18)21-13-15-4-2-10-19-12-15;5-3(6)1-2-4(7)8/h3,5-9,11,15,19H,2,4,10,12-13H2,1H3;1-2H,(H,5,6)(H,7,8)/b;2-1+/t15-;/m0./s1. The molecule has 1 aliphatic rings. The number of aromatic nitrogens is 1. The molecule has 0 amide bonds. The van der Waals surface area contributed by atoms with Crippen LogP contribution in [0.25, 0.3) is 0 Å². The zero-order valence-corrected chi connectivity index (χ0v) is 16.8. The van der Waals surface area contributed by atoms with Crippen molar-refractivity contribution in [3.05, 3.63) is 60.3 Å². The summed E-state index contributed by atoms with van der Waals surface area (Å²) < 4.78 is 11.8. The molecule has 0 spiro atoms. The zero-order chi connectivity index (χ0) is 21.8. The molecule has 1 atom stereocenters. The second-order valence-electron chi connectivity index (χ2n) is 6.75. The normalized spacial score (nSPS) is 15.7. The molecule has 8 nitrogen and oxygen atoms in total. The number of pyridine rings is 1. The number of ether oxygens (including phenoxy) is 2. The van der Waals surface area contributed by atoms with Gasteiger partial charge in [0.15, 0.2) is 5.75 Å². The van der Waals surface area contributed by atoms with Gasteiger partial charge in [0.25, 0.3) is 5.88 Å². The molecule has 0 saturated carbocycles. The second kappa shape index (κ2) is 12.2. The van der Waals surface area contributed by atoms with Crippen LogP contribution in [0.15, 0.2) is 54.7 Å². The minimum atomic E-state index is -1.26. The lowest BCUT2D eigenvalue weighted by atomic mass is 10.0. The average Bonchev–Trinajstić information content (AvgIpc) is 2.74. The number of nitrogens with one attached hydrogen (secondary N) is 1. The van der Waals surface area contributed by atoms with Crippen molar-refractivity contribution >= 4 is 11.9 Å². The number of rotatable bonds is 7. The summed E-state index contributed by atoms with van der Waals surface area (Å²) in [5, 5.41) is 19.0. The van der Waals surface area contributed by atoms with E-state index in [0.29, 0.717) is 36.3 Å². The van der Waals surface area contributed by atoms with Crippen LogP contribution in [-0.2, 0) is 9.59 Å². The molecule has 2 aromatic rings. The first-order valence-corrected chi connectivity index (χ1v) is 9.61. The lowest BCUT2D eigenvalue weighted by Gasteiger charge is -2.23. The van der Waals surface area contributed by atoms with Gasteiger partial charge >= 0.3 is 11.9 Å². The average molecular weight is 414 g/mol. The number of nitrogens with zero attached hydrogens (tertiary/aromatic N) is 1. The Kier molecular flexibility index (Phi) is 9.33. The molecule has 3 N–H and O–H groups in total. The molecule has 0 aliphatic carbocycles. The highest BCUT2D eigenvalue weighted by molar-refractivity contribution is 5.89. The number of piperidine rings is 1. The van der Waals surface area contributed by atoms with E-state index in [4.69, 9.17) is 19.7 Å².